The van der Waals surface area contributed by atoms with Crippen LogP contribution in [0.3, 0.4) is 0 Å². The summed E-state index contributed by atoms with van der Waals surface area (Å²) in [6, 6.07) is 9.26. The molecule has 0 amide bonds. The zero-order chi connectivity index (χ0) is 14.2. The molecule has 112 valence electrons. The smallest absolute Gasteiger partial charge is 0.0233 e. The summed E-state index contributed by atoms with van der Waals surface area (Å²) in [5, 5.41) is 0. The zero-order valence-corrected chi connectivity index (χ0v) is 13.3. The average Bonchev–Trinajstić information content (AvgIpc) is 2.53. The van der Waals surface area contributed by atoms with Crippen LogP contribution in [0.2, 0.25) is 0 Å². The molecule has 20 heavy (non-hydrogen) atoms. The Morgan fingerprint density at radius 1 is 0.900 bits per heavy atom. The van der Waals surface area contributed by atoms with Gasteiger partial charge in [0.2, 0.25) is 0 Å². The molecule has 0 atom stereocenters. The maximum Gasteiger partial charge on any atom is 0.0233 e. The Labute approximate surface area is 124 Å². The lowest BCUT2D eigenvalue weighted by Crippen LogP contribution is -2.31. The van der Waals surface area contributed by atoms with Crippen LogP contribution in [0.1, 0.15) is 44.2 Å². The lowest BCUT2D eigenvalue weighted by Gasteiger charge is -2.26. The standard InChI is InChI=1S/C18H30N2/c1-3-19(4-2)16-18-10-8-17(9-11-18)12-15-20-13-6-5-7-14-20/h8-11H,3-7,12-16H2,1-2H3. The van der Waals surface area contributed by atoms with Crippen molar-refractivity contribution in [2.24, 2.45) is 0 Å². The zero-order valence-electron chi connectivity index (χ0n) is 13.3. The molecule has 0 saturated carbocycles. The largest absolute Gasteiger partial charge is 0.303 e. The Balaban J connectivity index is 1.78. The van der Waals surface area contributed by atoms with Crippen LogP contribution in [-0.2, 0) is 13.0 Å². The SMILES string of the molecule is CCN(CC)Cc1ccc(CCN2CCCCC2)cc1. The second-order valence-electron chi connectivity index (χ2n) is 5.93. The third kappa shape index (κ3) is 4.92. The fraction of sp³-hybridized carbons (Fsp3) is 0.667. The van der Waals surface area contributed by atoms with Crippen molar-refractivity contribution >= 4 is 0 Å². The molecule has 1 aromatic rings. The van der Waals surface area contributed by atoms with Gasteiger partial charge in [0, 0.05) is 13.1 Å². The molecule has 1 aromatic carbocycles. The van der Waals surface area contributed by atoms with Crippen molar-refractivity contribution in [1.82, 2.24) is 9.80 Å². The van der Waals surface area contributed by atoms with Gasteiger partial charge in [-0.25, -0.2) is 0 Å². The van der Waals surface area contributed by atoms with Crippen LogP contribution in [0.25, 0.3) is 0 Å². The van der Waals surface area contributed by atoms with Crippen LogP contribution < -0.4 is 0 Å². The summed E-state index contributed by atoms with van der Waals surface area (Å²) in [4.78, 5) is 5.08. The Kier molecular flexibility index (Phi) is 6.55. The van der Waals surface area contributed by atoms with Gasteiger partial charge in [-0.2, -0.15) is 0 Å². The Morgan fingerprint density at radius 3 is 2.10 bits per heavy atom. The van der Waals surface area contributed by atoms with Crippen molar-refractivity contribution in [2.75, 3.05) is 32.7 Å². The predicted molar refractivity (Wildman–Crippen MR) is 87.1 cm³/mol. The van der Waals surface area contributed by atoms with E-state index in [1.54, 1.807) is 0 Å². The van der Waals surface area contributed by atoms with Crippen LogP contribution in [-0.4, -0.2) is 42.5 Å². The molecule has 0 spiro atoms. The van der Waals surface area contributed by atoms with E-state index in [1.165, 1.54) is 56.4 Å². The van der Waals surface area contributed by atoms with E-state index < -0.39 is 0 Å². The minimum Gasteiger partial charge on any atom is -0.303 e. The first-order chi connectivity index (χ1) is 9.81. The van der Waals surface area contributed by atoms with Gasteiger partial charge in [0.05, 0.1) is 0 Å². The molecule has 0 N–H and O–H groups in total. The van der Waals surface area contributed by atoms with Crippen LogP contribution in [0.5, 0.6) is 0 Å². The van der Waals surface area contributed by atoms with Gasteiger partial charge in [0.1, 0.15) is 0 Å². The van der Waals surface area contributed by atoms with Crippen LogP contribution in [0.15, 0.2) is 24.3 Å². The van der Waals surface area contributed by atoms with E-state index in [4.69, 9.17) is 0 Å². The van der Waals surface area contributed by atoms with Crippen LogP contribution in [0, 0.1) is 0 Å². The minimum atomic E-state index is 1.08. The molecule has 1 aliphatic heterocycles. The van der Waals surface area contributed by atoms with Crippen molar-refractivity contribution in [2.45, 2.75) is 46.1 Å². The Hall–Kier alpha value is -0.860. The summed E-state index contributed by atoms with van der Waals surface area (Å²) < 4.78 is 0. The monoisotopic (exact) mass is 274 g/mol. The van der Waals surface area contributed by atoms with E-state index in [9.17, 15) is 0 Å². The lowest BCUT2D eigenvalue weighted by atomic mass is 10.1. The molecule has 2 heteroatoms. The highest BCUT2D eigenvalue weighted by Gasteiger charge is 2.09. The number of benzene rings is 1. The van der Waals surface area contributed by atoms with E-state index in [-0.39, 0.29) is 0 Å². The molecule has 0 radical (unpaired) electrons. The van der Waals surface area contributed by atoms with E-state index in [2.05, 4.69) is 47.9 Å². The van der Waals surface area contributed by atoms with Crippen molar-refractivity contribution in [1.29, 1.82) is 0 Å². The Bertz CT molecular complexity index is 362. The first-order valence-electron chi connectivity index (χ1n) is 8.34. The molecule has 1 saturated heterocycles. The van der Waals surface area contributed by atoms with E-state index in [1.807, 2.05) is 0 Å². The quantitative estimate of drug-likeness (QED) is 0.750. The molecule has 1 aliphatic rings. The van der Waals surface area contributed by atoms with Gasteiger partial charge in [-0.1, -0.05) is 44.5 Å². The van der Waals surface area contributed by atoms with Gasteiger partial charge >= 0.3 is 0 Å². The highest BCUT2D eigenvalue weighted by molar-refractivity contribution is 5.22. The number of nitrogens with zero attached hydrogens (tertiary/aromatic N) is 2. The summed E-state index contributed by atoms with van der Waals surface area (Å²) in [5.74, 6) is 0. The van der Waals surface area contributed by atoms with E-state index >= 15 is 0 Å². The normalized spacial score (nSPS) is 16.8. The fourth-order valence-corrected chi connectivity index (χ4v) is 2.99. The first kappa shape index (κ1) is 15.5. The highest BCUT2D eigenvalue weighted by Crippen LogP contribution is 2.12. The lowest BCUT2D eigenvalue weighted by molar-refractivity contribution is 0.231. The van der Waals surface area contributed by atoms with Crippen molar-refractivity contribution in [3.63, 3.8) is 0 Å². The van der Waals surface area contributed by atoms with Gasteiger partial charge in [-0.3, -0.25) is 4.90 Å². The maximum atomic E-state index is 2.62. The number of piperidine rings is 1. The topological polar surface area (TPSA) is 6.48 Å². The third-order valence-corrected chi connectivity index (χ3v) is 4.49. The van der Waals surface area contributed by atoms with E-state index in [0.29, 0.717) is 0 Å². The van der Waals surface area contributed by atoms with E-state index in [0.717, 1.165) is 19.6 Å². The molecular weight excluding hydrogens is 244 g/mol. The number of likely N-dealkylation sites (tertiary alicyclic amines) is 1. The summed E-state index contributed by atoms with van der Waals surface area (Å²) in [6.45, 7) is 11.7. The molecule has 0 bridgehead atoms. The molecule has 0 unspecified atom stereocenters. The fourth-order valence-electron chi connectivity index (χ4n) is 2.99. The predicted octanol–water partition coefficient (Wildman–Crippen LogP) is 3.56. The summed E-state index contributed by atoms with van der Waals surface area (Å²) >= 11 is 0. The molecule has 2 rings (SSSR count). The van der Waals surface area contributed by atoms with Gasteiger partial charge in [-0.15, -0.1) is 0 Å². The average molecular weight is 274 g/mol. The second kappa shape index (κ2) is 8.43. The van der Waals surface area contributed by atoms with Gasteiger partial charge in [0.25, 0.3) is 0 Å². The van der Waals surface area contributed by atoms with Gasteiger partial charge in [0.15, 0.2) is 0 Å². The third-order valence-electron chi connectivity index (χ3n) is 4.49. The number of hydrogen-bond acceptors (Lipinski definition) is 2. The number of hydrogen-bond donors (Lipinski definition) is 0. The second-order valence-corrected chi connectivity index (χ2v) is 5.93. The molecule has 1 heterocycles. The first-order valence-corrected chi connectivity index (χ1v) is 8.34. The molecule has 0 aliphatic carbocycles. The molecule has 2 nitrogen and oxygen atoms in total. The minimum absolute atomic E-state index is 1.08. The van der Waals surface area contributed by atoms with Gasteiger partial charge in [-0.05, 0) is 56.6 Å². The summed E-state index contributed by atoms with van der Waals surface area (Å²) in [7, 11) is 0. The molecule has 0 aromatic heterocycles. The number of rotatable bonds is 7. The highest BCUT2D eigenvalue weighted by atomic mass is 15.1. The summed E-state index contributed by atoms with van der Waals surface area (Å²) in [6.07, 6.45) is 5.41. The van der Waals surface area contributed by atoms with Crippen LogP contribution >= 0.6 is 0 Å². The van der Waals surface area contributed by atoms with Crippen LogP contribution in [0.4, 0.5) is 0 Å². The molecule has 1 fully saturated rings. The Morgan fingerprint density at radius 2 is 1.50 bits per heavy atom. The summed E-state index contributed by atoms with van der Waals surface area (Å²) in [5.41, 5.74) is 2.93. The maximum absolute atomic E-state index is 2.62. The van der Waals surface area contributed by atoms with Crippen molar-refractivity contribution < 1.29 is 0 Å². The van der Waals surface area contributed by atoms with Gasteiger partial charge < -0.3 is 4.90 Å². The molecular formula is C18H30N2. The van der Waals surface area contributed by atoms with Crippen molar-refractivity contribution in [3.05, 3.63) is 35.4 Å². The van der Waals surface area contributed by atoms with Crippen molar-refractivity contribution in [3.8, 4) is 0 Å².